The molecule has 1 saturated heterocycles. The molecule has 0 aliphatic carbocycles. The van der Waals surface area contributed by atoms with Crippen molar-refractivity contribution in [2.75, 3.05) is 13.2 Å². The normalized spacial score (nSPS) is 15.1. The van der Waals surface area contributed by atoms with Crippen LogP contribution in [0.1, 0.15) is 11.1 Å². The number of nitrogens with zero attached hydrogens (tertiary/aromatic N) is 1. The van der Waals surface area contributed by atoms with Gasteiger partial charge in [-0.05, 0) is 30.2 Å². The summed E-state index contributed by atoms with van der Waals surface area (Å²) in [7, 11) is 0. The molecule has 3 nitrogen and oxygen atoms in total. The van der Waals surface area contributed by atoms with Crippen molar-refractivity contribution in [2.45, 2.75) is 6.18 Å². The first-order valence-electron chi connectivity index (χ1n) is 5.10. The molecule has 0 aromatic heterocycles. The molecule has 0 atom stereocenters. The van der Waals surface area contributed by atoms with E-state index in [4.69, 9.17) is 0 Å². The second-order valence-electron chi connectivity index (χ2n) is 3.58. The molecule has 0 spiro atoms. The highest BCUT2D eigenvalue weighted by molar-refractivity contribution is 5.71. The number of carbonyl (C=O) groups excluding carboxylic acids is 1. The van der Waals surface area contributed by atoms with Gasteiger partial charge in [0, 0.05) is 11.6 Å². The molecule has 1 fully saturated rings. The van der Waals surface area contributed by atoms with E-state index in [1.807, 2.05) is 0 Å². The molecule has 1 heterocycles. The number of alkyl halides is 3. The van der Waals surface area contributed by atoms with Gasteiger partial charge >= 0.3 is 12.3 Å². The average Bonchev–Trinajstić information content (AvgIpc) is 2.72. The number of amides is 1. The van der Waals surface area contributed by atoms with Gasteiger partial charge in [-0.1, -0.05) is 0 Å². The third-order valence-corrected chi connectivity index (χ3v) is 2.31. The SMILES string of the molecule is O=C1OCCN1C#Cc1ccc(C(F)(F)F)cc1. The number of halogens is 3. The standard InChI is InChI=1S/C12H8F3NO2/c13-12(14,15)10-3-1-9(2-4-10)5-6-16-7-8-18-11(16)17/h1-4H,7-8H2. The molecule has 0 saturated carbocycles. The number of cyclic esters (lactones) is 1. The summed E-state index contributed by atoms with van der Waals surface area (Å²) in [6, 6.07) is 6.96. The highest BCUT2D eigenvalue weighted by atomic mass is 19.4. The Bertz CT molecular complexity index is 511. The monoisotopic (exact) mass is 255 g/mol. The van der Waals surface area contributed by atoms with Gasteiger partial charge in [0.05, 0.1) is 12.1 Å². The summed E-state index contributed by atoms with van der Waals surface area (Å²) in [4.78, 5) is 12.2. The zero-order valence-corrected chi connectivity index (χ0v) is 9.12. The van der Waals surface area contributed by atoms with E-state index in [1.165, 1.54) is 17.0 Å². The molecule has 1 aliphatic rings. The first-order chi connectivity index (χ1) is 8.47. The van der Waals surface area contributed by atoms with Crippen LogP contribution in [0.5, 0.6) is 0 Å². The van der Waals surface area contributed by atoms with Crippen LogP contribution >= 0.6 is 0 Å². The maximum atomic E-state index is 12.3. The number of benzene rings is 1. The van der Waals surface area contributed by atoms with Crippen molar-refractivity contribution in [2.24, 2.45) is 0 Å². The fourth-order valence-electron chi connectivity index (χ4n) is 1.37. The van der Waals surface area contributed by atoms with E-state index in [0.29, 0.717) is 12.1 Å². The van der Waals surface area contributed by atoms with Crippen molar-refractivity contribution in [3.8, 4) is 12.0 Å². The minimum absolute atomic E-state index is 0.278. The van der Waals surface area contributed by atoms with E-state index in [2.05, 4.69) is 16.7 Å². The average molecular weight is 255 g/mol. The number of ether oxygens (including phenoxy) is 1. The molecule has 1 aromatic rings. The molecule has 1 aliphatic heterocycles. The summed E-state index contributed by atoms with van der Waals surface area (Å²) >= 11 is 0. The zero-order valence-electron chi connectivity index (χ0n) is 9.12. The Kier molecular flexibility index (Phi) is 3.15. The number of carbonyl (C=O) groups is 1. The quantitative estimate of drug-likeness (QED) is 0.666. The van der Waals surface area contributed by atoms with Crippen molar-refractivity contribution >= 4 is 6.09 Å². The molecule has 0 N–H and O–H groups in total. The van der Waals surface area contributed by atoms with Gasteiger partial charge in [-0.3, -0.25) is 0 Å². The van der Waals surface area contributed by atoms with Gasteiger partial charge in [-0.15, -0.1) is 0 Å². The molecule has 0 radical (unpaired) electrons. The lowest BCUT2D eigenvalue weighted by molar-refractivity contribution is -0.137. The first kappa shape index (κ1) is 12.3. The van der Waals surface area contributed by atoms with E-state index in [-0.39, 0.29) is 6.61 Å². The molecule has 0 unspecified atom stereocenters. The third-order valence-electron chi connectivity index (χ3n) is 2.31. The molecule has 1 amide bonds. The van der Waals surface area contributed by atoms with E-state index >= 15 is 0 Å². The molecule has 6 heteroatoms. The topological polar surface area (TPSA) is 29.5 Å². The minimum atomic E-state index is -4.36. The van der Waals surface area contributed by atoms with Crippen LogP contribution in [0, 0.1) is 12.0 Å². The van der Waals surface area contributed by atoms with E-state index < -0.39 is 17.8 Å². The lowest BCUT2D eigenvalue weighted by Crippen LogP contribution is -2.17. The molecular formula is C12H8F3NO2. The van der Waals surface area contributed by atoms with Crippen molar-refractivity contribution in [1.82, 2.24) is 4.90 Å². The number of hydrogen-bond acceptors (Lipinski definition) is 2. The first-order valence-corrected chi connectivity index (χ1v) is 5.10. The van der Waals surface area contributed by atoms with Gasteiger partial charge < -0.3 is 4.74 Å². The Morgan fingerprint density at radius 1 is 1.22 bits per heavy atom. The molecule has 0 bridgehead atoms. The van der Waals surface area contributed by atoms with E-state index in [0.717, 1.165) is 12.1 Å². The second-order valence-corrected chi connectivity index (χ2v) is 3.58. The highest BCUT2D eigenvalue weighted by Crippen LogP contribution is 2.28. The Morgan fingerprint density at radius 3 is 2.39 bits per heavy atom. The van der Waals surface area contributed by atoms with Crippen LogP contribution in [0.4, 0.5) is 18.0 Å². The lowest BCUT2D eigenvalue weighted by atomic mass is 10.1. The van der Waals surface area contributed by atoms with Crippen LogP contribution < -0.4 is 0 Å². The summed E-state index contributed by atoms with van der Waals surface area (Å²) in [5.41, 5.74) is -0.323. The van der Waals surface area contributed by atoms with Gasteiger partial charge in [-0.2, -0.15) is 13.2 Å². The Morgan fingerprint density at radius 2 is 1.89 bits per heavy atom. The summed E-state index contributed by atoms with van der Waals surface area (Å²) in [6.45, 7) is 0.646. The summed E-state index contributed by atoms with van der Waals surface area (Å²) < 4.78 is 41.5. The summed E-state index contributed by atoms with van der Waals surface area (Å²) in [5.74, 6) is 2.60. The van der Waals surface area contributed by atoms with Crippen LogP contribution in [0.2, 0.25) is 0 Å². The minimum Gasteiger partial charge on any atom is -0.447 e. The molecule has 2 rings (SSSR count). The van der Waals surface area contributed by atoms with Crippen molar-refractivity contribution in [3.63, 3.8) is 0 Å². The third kappa shape index (κ3) is 2.74. The zero-order chi connectivity index (χ0) is 13.2. The van der Waals surface area contributed by atoms with Crippen molar-refractivity contribution in [3.05, 3.63) is 35.4 Å². The maximum Gasteiger partial charge on any atom is 0.421 e. The predicted molar refractivity (Wildman–Crippen MR) is 56.4 cm³/mol. The summed E-state index contributed by atoms with van der Waals surface area (Å²) in [5, 5.41) is 0. The molecule has 18 heavy (non-hydrogen) atoms. The fraction of sp³-hybridized carbons (Fsp3) is 0.250. The lowest BCUT2D eigenvalue weighted by Gasteiger charge is -2.05. The van der Waals surface area contributed by atoms with Gasteiger partial charge in [0.25, 0.3) is 0 Å². The van der Waals surface area contributed by atoms with E-state index in [1.54, 1.807) is 0 Å². The van der Waals surface area contributed by atoms with E-state index in [9.17, 15) is 18.0 Å². The Balaban J connectivity index is 2.11. The van der Waals surface area contributed by atoms with Crippen molar-refractivity contribution in [1.29, 1.82) is 0 Å². The maximum absolute atomic E-state index is 12.3. The van der Waals surface area contributed by atoms with Gasteiger partial charge in [0.2, 0.25) is 0 Å². The van der Waals surface area contributed by atoms with Crippen molar-refractivity contribution < 1.29 is 22.7 Å². The van der Waals surface area contributed by atoms with Gasteiger partial charge in [-0.25, -0.2) is 9.69 Å². The van der Waals surface area contributed by atoms with Gasteiger partial charge in [0.15, 0.2) is 0 Å². The van der Waals surface area contributed by atoms with Crippen LogP contribution in [0.25, 0.3) is 0 Å². The smallest absolute Gasteiger partial charge is 0.421 e. The van der Waals surface area contributed by atoms with Gasteiger partial charge in [0.1, 0.15) is 6.61 Å². The Hall–Kier alpha value is -2.16. The van der Waals surface area contributed by atoms with Crippen LogP contribution in [-0.2, 0) is 10.9 Å². The highest BCUT2D eigenvalue weighted by Gasteiger charge is 2.29. The largest absolute Gasteiger partial charge is 0.447 e. The van der Waals surface area contributed by atoms with Crippen LogP contribution in [0.3, 0.4) is 0 Å². The molecule has 94 valence electrons. The van der Waals surface area contributed by atoms with Crippen LogP contribution in [-0.4, -0.2) is 24.1 Å². The van der Waals surface area contributed by atoms with Crippen LogP contribution in [0.15, 0.2) is 24.3 Å². The number of hydrogen-bond donors (Lipinski definition) is 0. The Labute approximate surface area is 101 Å². The second kappa shape index (κ2) is 4.61. The molecular weight excluding hydrogens is 247 g/mol. The fourth-order valence-corrected chi connectivity index (χ4v) is 1.37. The summed E-state index contributed by atoms with van der Waals surface area (Å²) in [6.07, 6.45) is -4.89. The molecule has 1 aromatic carbocycles. The predicted octanol–water partition coefficient (Wildman–Crippen LogP) is 2.47. The number of rotatable bonds is 0.